The third kappa shape index (κ3) is 7.85. The van der Waals surface area contributed by atoms with Gasteiger partial charge in [-0.15, -0.1) is 0 Å². The average molecular weight is 283 g/mol. The molecule has 0 unspecified atom stereocenters. The second kappa shape index (κ2) is 9.35. The maximum atomic E-state index is 11.8. The smallest absolute Gasteiger partial charge is 0.220 e. The monoisotopic (exact) mass is 283 g/mol. The maximum absolute atomic E-state index is 11.8. The minimum atomic E-state index is 0.177. The SMILES string of the molecule is CC(C)(CCN)CCC(=O)NCCN1CCCCCC1. The van der Waals surface area contributed by atoms with E-state index in [4.69, 9.17) is 5.73 Å². The molecule has 1 amide bonds. The van der Waals surface area contributed by atoms with Crippen LogP contribution in [0.5, 0.6) is 0 Å². The number of hydrogen-bond donors (Lipinski definition) is 2. The lowest BCUT2D eigenvalue weighted by Gasteiger charge is -2.23. The van der Waals surface area contributed by atoms with Gasteiger partial charge in [0.1, 0.15) is 0 Å². The van der Waals surface area contributed by atoms with Crippen LogP contribution in [0.3, 0.4) is 0 Å². The van der Waals surface area contributed by atoms with Crippen LogP contribution >= 0.6 is 0 Å². The molecular formula is C16H33N3O. The van der Waals surface area contributed by atoms with E-state index in [1.54, 1.807) is 0 Å². The molecule has 0 aromatic rings. The Bertz CT molecular complexity index is 271. The highest BCUT2D eigenvalue weighted by Crippen LogP contribution is 2.25. The number of likely N-dealkylation sites (tertiary alicyclic amines) is 1. The van der Waals surface area contributed by atoms with Crippen LogP contribution in [0.25, 0.3) is 0 Å². The topological polar surface area (TPSA) is 58.4 Å². The second-order valence-electron chi connectivity index (χ2n) is 6.81. The van der Waals surface area contributed by atoms with Gasteiger partial charge in [0.2, 0.25) is 5.91 Å². The third-order valence-corrected chi connectivity index (χ3v) is 4.30. The van der Waals surface area contributed by atoms with Crippen LogP contribution in [0.4, 0.5) is 0 Å². The lowest BCUT2D eigenvalue weighted by atomic mass is 9.84. The highest BCUT2D eigenvalue weighted by atomic mass is 16.1. The zero-order chi connectivity index (χ0) is 14.8. The Morgan fingerprint density at radius 2 is 1.80 bits per heavy atom. The van der Waals surface area contributed by atoms with E-state index >= 15 is 0 Å². The highest BCUT2D eigenvalue weighted by molar-refractivity contribution is 5.75. The average Bonchev–Trinajstić information content (AvgIpc) is 2.65. The van der Waals surface area contributed by atoms with Crippen molar-refractivity contribution in [3.8, 4) is 0 Å². The van der Waals surface area contributed by atoms with Crippen molar-refractivity contribution in [3.63, 3.8) is 0 Å². The molecule has 1 saturated heterocycles. The Morgan fingerprint density at radius 1 is 1.15 bits per heavy atom. The number of carbonyl (C=O) groups is 1. The quantitative estimate of drug-likeness (QED) is 0.717. The lowest BCUT2D eigenvalue weighted by molar-refractivity contribution is -0.121. The summed E-state index contributed by atoms with van der Waals surface area (Å²) in [5, 5.41) is 3.05. The number of hydrogen-bond acceptors (Lipinski definition) is 3. The Kier molecular flexibility index (Phi) is 8.15. The molecule has 0 aromatic carbocycles. The Labute approximate surface area is 124 Å². The Balaban J connectivity index is 2.10. The van der Waals surface area contributed by atoms with Crippen LogP contribution in [0.2, 0.25) is 0 Å². The van der Waals surface area contributed by atoms with Gasteiger partial charge in [0.15, 0.2) is 0 Å². The van der Waals surface area contributed by atoms with E-state index in [0.29, 0.717) is 13.0 Å². The Morgan fingerprint density at radius 3 is 2.40 bits per heavy atom. The molecule has 0 aliphatic carbocycles. The minimum absolute atomic E-state index is 0.177. The molecule has 118 valence electrons. The summed E-state index contributed by atoms with van der Waals surface area (Å²) in [6.07, 6.45) is 7.85. The molecule has 1 fully saturated rings. The number of nitrogens with two attached hydrogens (primary N) is 1. The van der Waals surface area contributed by atoms with Crippen LogP contribution in [0, 0.1) is 5.41 Å². The predicted molar refractivity (Wildman–Crippen MR) is 84.6 cm³/mol. The summed E-state index contributed by atoms with van der Waals surface area (Å²) < 4.78 is 0. The third-order valence-electron chi connectivity index (χ3n) is 4.30. The van der Waals surface area contributed by atoms with E-state index in [9.17, 15) is 4.79 Å². The van der Waals surface area contributed by atoms with Crippen molar-refractivity contribution in [1.29, 1.82) is 0 Å². The summed E-state index contributed by atoms with van der Waals surface area (Å²) in [7, 11) is 0. The number of amides is 1. The van der Waals surface area contributed by atoms with E-state index in [0.717, 1.165) is 25.9 Å². The number of nitrogens with one attached hydrogen (secondary N) is 1. The van der Waals surface area contributed by atoms with E-state index in [-0.39, 0.29) is 11.3 Å². The van der Waals surface area contributed by atoms with Crippen LogP contribution in [0.1, 0.15) is 58.8 Å². The molecule has 1 aliphatic rings. The zero-order valence-corrected chi connectivity index (χ0v) is 13.4. The van der Waals surface area contributed by atoms with Gasteiger partial charge in [0.05, 0.1) is 0 Å². The summed E-state index contributed by atoms with van der Waals surface area (Å²) in [5.74, 6) is 0.185. The number of nitrogens with zero attached hydrogens (tertiary/aromatic N) is 1. The van der Waals surface area contributed by atoms with Gasteiger partial charge in [0, 0.05) is 19.5 Å². The molecule has 4 nitrogen and oxygen atoms in total. The summed E-state index contributed by atoms with van der Waals surface area (Å²) in [6.45, 7) is 9.24. The first-order valence-electron chi connectivity index (χ1n) is 8.23. The van der Waals surface area contributed by atoms with Crippen LogP contribution in [-0.4, -0.2) is 43.5 Å². The second-order valence-corrected chi connectivity index (χ2v) is 6.81. The fourth-order valence-corrected chi connectivity index (χ4v) is 2.77. The van der Waals surface area contributed by atoms with E-state index < -0.39 is 0 Å². The molecule has 0 radical (unpaired) electrons. The van der Waals surface area contributed by atoms with Gasteiger partial charge >= 0.3 is 0 Å². The summed E-state index contributed by atoms with van der Waals surface area (Å²) in [5.41, 5.74) is 5.77. The molecule has 20 heavy (non-hydrogen) atoms. The molecular weight excluding hydrogens is 250 g/mol. The molecule has 0 saturated carbocycles. The van der Waals surface area contributed by atoms with Crippen molar-refractivity contribution in [2.45, 2.75) is 58.8 Å². The highest BCUT2D eigenvalue weighted by Gasteiger charge is 2.18. The summed E-state index contributed by atoms with van der Waals surface area (Å²) >= 11 is 0. The molecule has 0 spiro atoms. The van der Waals surface area contributed by atoms with Crippen LogP contribution in [-0.2, 0) is 4.79 Å². The molecule has 1 aliphatic heterocycles. The van der Waals surface area contributed by atoms with Crippen molar-refractivity contribution in [3.05, 3.63) is 0 Å². The van der Waals surface area contributed by atoms with Gasteiger partial charge in [-0.1, -0.05) is 26.7 Å². The fraction of sp³-hybridized carbons (Fsp3) is 0.938. The van der Waals surface area contributed by atoms with Gasteiger partial charge in [-0.05, 0) is 50.7 Å². The first-order valence-corrected chi connectivity index (χ1v) is 8.23. The van der Waals surface area contributed by atoms with Crippen LogP contribution in [0.15, 0.2) is 0 Å². The summed E-state index contributed by atoms with van der Waals surface area (Å²) in [4.78, 5) is 14.3. The van der Waals surface area contributed by atoms with Crippen molar-refractivity contribution in [1.82, 2.24) is 10.2 Å². The molecule has 0 bridgehead atoms. The van der Waals surface area contributed by atoms with Crippen molar-refractivity contribution in [2.75, 3.05) is 32.7 Å². The first kappa shape index (κ1) is 17.4. The molecule has 0 atom stereocenters. The van der Waals surface area contributed by atoms with Gasteiger partial charge in [-0.2, -0.15) is 0 Å². The fourth-order valence-electron chi connectivity index (χ4n) is 2.77. The van der Waals surface area contributed by atoms with Gasteiger partial charge in [-0.25, -0.2) is 0 Å². The van der Waals surface area contributed by atoms with Gasteiger partial charge in [-0.3, -0.25) is 4.79 Å². The van der Waals surface area contributed by atoms with Crippen molar-refractivity contribution >= 4 is 5.91 Å². The van der Waals surface area contributed by atoms with Gasteiger partial charge < -0.3 is 16.0 Å². The van der Waals surface area contributed by atoms with E-state index in [1.165, 1.54) is 38.8 Å². The van der Waals surface area contributed by atoms with Crippen LogP contribution < -0.4 is 11.1 Å². The first-order chi connectivity index (χ1) is 9.53. The largest absolute Gasteiger partial charge is 0.355 e. The Hall–Kier alpha value is -0.610. The standard InChI is InChI=1S/C16H33N3O/c1-16(2,9-10-17)8-7-15(20)18-11-14-19-12-5-3-4-6-13-19/h3-14,17H2,1-2H3,(H,18,20). The molecule has 4 heteroatoms. The lowest BCUT2D eigenvalue weighted by Crippen LogP contribution is -2.35. The molecule has 1 rings (SSSR count). The molecule has 3 N–H and O–H groups in total. The van der Waals surface area contributed by atoms with E-state index in [2.05, 4.69) is 24.1 Å². The van der Waals surface area contributed by atoms with E-state index in [1.807, 2.05) is 0 Å². The zero-order valence-electron chi connectivity index (χ0n) is 13.4. The predicted octanol–water partition coefficient (Wildman–Crippen LogP) is 2.13. The number of rotatable bonds is 8. The summed E-state index contributed by atoms with van der Waals surface area (Å²) in [6, 6.07) is 0. The maximum Gasteiger partial charge on any atom is 0.220 e. The van der Waals surface area contributed by atoms with Crippen molar-refractivity contribution in [2.24, 2.45) is 11.1 Å². The minimum Gasteiger partial charge on any atom is -0.355 e. The van der Waals surface area contributed by atoms with Gasteiger partial charge in [0.25, 0.3) is 0 Å². The van der Waals surface area contributed by atoms with Crippen molar-refractivity contribution < 1.29 is 4.79 Å². The number of carbonyl (C=O) groups excluding carboxylic acids is 1. The molecule has 0 aromatic heterocycles. The molecule has 1 heterocycles. The normalized spacial score (nSPS) is 17.8.